The second-order valence-corrected chi connectivity index (χ2v) is 3.23. The zero-order valence-electron chi connectivity index (χ0n) is 7.60. The van der Waals surface area contributed by atoms with Crippen molar-refractivity contribution in [3.05, 3.63) is 42.5 Å². The molecule has 0 aliphatic carbocycles. The maximum absolute atomic E-state index is 10.6. The van der Waals surface area contributed by atoms with Gasteiger partial charge in [-0.15, -0.1) is 0 Å². The highest BCUT2D eigenvalue weighted by Gasteiger charge is 2.00. The Morgan fingerprint density at radius 2 is 1.93 bits per heavy atom. The van der Waals surface area contributed by atoms with Gasteiger partial charge in [0.25, 0.3) is 11.3 Å². The SMILES string of the molecule is C=Cc1ccc(OS(N)=O)cc1C=C. The molecule has 0 fully saturated rings. The smallest absolute Gasteiger partial charge is 0.285 e. The van der Waals surface area contributed by atoms with E-state index < -0.39 is 11.3 Å². The van der Waals surface area contributed by atoms with Crippen LogP contribution in [0.3, 0.4) is 0 Å². The van der Waals surface area contributed by atoms with Gasteiger partial charge in [-0.2, -0.15) is 4.21 Å². The fourth-order valence-electron chi connectivity index (χ4n) is 1.06. The second kappa shape index (κ2) is 4.74. The molecule has 4 heteroatoms. The maximum atomic E-state index is 10.6. The van der Waals surface area contributed by atoms with Gasteiger partial charge in [0.1, 0.15) is 5.75 Å². The molecule has 0 saturated heterocycles. The number of hydrogen-bond acceptors (Lipinski definition) is 2. The molecule has 0 bridgehead atoms. The minimum absolute atomic E-state index is 0.450. The van der Waals surface area contributed by atoms with Gasteiger partial charge in [0.15, 0.2) is 0 Å². The molecule has 1 atom stereocenters. The van der Waals surface area contributed by atoms with Gasteiger partial charge in [-0.3, -0.25) is 0 Å². The van der Waals surface area contributed by atoms with Crippen LogP contribution in [0, 0.1) is 0 Å². The summed E-state index contributed by atoms with van der Waals surface area (Å²) in [5, 5.41) is 4.99. The van der Waals surface area contributed by atoms with E-state index in [0.717, 1.165) is 11.1 Å². The van der Waals surface area contributed by atoms with Crippen molar-refractivity contribution in [2.75, 3.05) is 0 Å². The van der Waals surface area contributed by atoms with Crippen LogP contribution in [0.2, 0.25) is 0 Å². The van der Waals surface area contributed by atoms with Gasteiger partial charge in [0.2, 0.25) is 0 Å². The minimum atomic E-state index is -1.80. The summed E-state index contributed by atoms with van der Waals surface area (Å²) < 4.78 is 15.4. The lowest BCUT2D eigenvalue weighted by atomic mass is 10.1. The lowest BCUT2D eigenvalue weighted by Crippen LogP contribution is -2.09. The monoisotopic (exact) mass is 209 g/mol. The summed E-state index contributed by atoms with van der Waals surface area (Å²) in [5.74, 6) is 0.450. The first-order valence-electron chi connectivity index (χ1n) is 3.91. The summed E-state index contributed by atoms with van der Waals surface area (Å²) >= 11 is -1.80. The molecule has 3 nitrogen and oxygen atoms in total. The topological polar surface area (TPSA) is 52.3 Å². The average Bonchev–Trinajstić information content (AvgIpc) is 2.16. The van der Waals surface area contributed by atoms with E-state index >= 15 is 0 Å². The van der Waals surface area contributed by atoms with Gasteiger partial charge in [-0.05, 0) is 23.3 Å². The molecular weight excluding hydrogens is 198 g/mol. The van der Waals surface area contributed by atoms with E-state index in [9.17, 15) is 4.21 Å². The summed E-state index contributed by atoms with van der Waals surface area (Å²) in [5.41, 5.74) is 1.80. The van der Waals surface area contributed by atoms with Crippen LogP contribution in [-0.4, -0.2) is 4.21 Å². The maximum Gasteiger partial charge on any atom is 0.285 e. The molecule has 1 unspecified atom stereocenters. The van der Waals surface area contributed by atoms with Crippen LogP contribution in [-0.2, 0) is 11.3 Å². The summed E-state index contributed by atoms with van der Waals surface area (Å²) in [6.45, 7) is 7.31. The van der Waals surface area contributed by atoms with Crippen molar-refractivity contribution >= 4 is 23.4 Å². The highest BCUT2D eigenvalue weighted by atomic mass is 32.2. The minimum Gasteiger partial charge on any atom is -0.389 e. The Labute approximate surface area is 85.7 Å². The fourth-order valence-corrected chi connectivity index (χ4v) is 1.36. The fraction of sp³-hybridized carbons (Fsp3) is 0. The van der Waals surface area contributed by atoms with Crippen molar-refractivity contribution in [1.82, 2.24) is 0 Å². The van der Waals surface area contributed by atoms with Gasteiger partial charge in [-0.25, -0.2) is 5.14 Å². The van der Waals surface area contributed by atoms with Crippen LogP contribution in [0.25, 0.3) is 12.2 Å². The Bertz CT molecular complexity index is 388. The number of benzene rings is 1. The summed E-state index contributed by atoms with van der Waals surface area (Å²) in [4.78, 5) is 0. The van der Waals surface area contributed by atoms with Crippen LogP contribution >= 0.6 is 0 Å². The van der Waals surface area contributed by atoms with Crippen LogP contribution in [0.5, 0.6) is 5.75 Å². The van der Waals surface area contributed by atoms with E-state index in [1.807, 2.05) is 0 Å². The van der Waals surface area contributed by atoms with E-state index in [4.69, 9.17) is 9.32 Å². The van der Waals surface area contributed by atoms with E-state index in [0.29, 0.717) is 5.75 Å². The van der Waals surface area contributed by atoms with Crippen LogP contribution in [0.15, 0.2) is 31.4 Å². The van der Waals surface area contributed by atoms with Gasteiger partial charge in [0.05, 0.1) is 0 Å². The lowest BCUT2D eigenvalue weighted by Gasteiger charge is -2.04. The summed E-state index contributed by atoms with van der Waals surface area (Å²) in [7, 11) is 0. The largest absolute Gasteiger partial charge is 0.389 e. The predicted octanol–water partition coefficient (Wildman–Crippen LogP) is 1.89. The summed E-state index contributed by atoms with van der Waals surface area (Å²) in [6, 6.07) is 5.18. The lowest BCUT2D eigenvalue weighted by molar-refractivity contribution is 0.563. The molecular formula is C10H11NO2S. The van der Waals surface area contributed by atoms with Crippen molar-refractivity contribution in [2.45, 2.75) is 0 Å². The Kier molecular flexibility index (Phi) is 3.62. The zero-order valence-corrected chi connectivity index (χ0v) is 8.42. The van der Waals surface area contributed by atoms with Crippen molar-refractivity contribution in [3.63, 3.8) is 0 Å². The summed E-state index contributed by atoms with van der Waals surface area (Å²) in [6.07, 6.45) is 3.38. The molecule has 0 heterocycles. The first-order chi connectivity index (χ1) is 6.67. The predicted molar refractivity (Wildman–Crippen MR) is 59.6 cm³/mol. The first kappa shape index (κ1) is 10.7. The van der Waals surface area contributed by atoms with Crippen molar-refractivity contribution in [1.29, 1.82) is 0 Å². The Morgan fingerprint density at radius 1 is 1.29 bits per heavy atom. The molecule has 14 heavy (non-hydrogen) atoms. The molecule has 0 spiro atoms. The molecule has 1 aromatic carbocycles. The van der Waals surface area contributed by atoms with E-state index in [-0.39, 0.29) is 0 Å². The Balaban J connectivity index is 3.07. The number of hydrogen-bond donors (Lipinski definition) is 1. The van der Waals surface area contributed by atoms with Gasteiger partial charge in [-0.1, -0.05) is 31.4 Å². The van der Waals surface area contributed by atoms with Crippen molar-refractivity contribution in [3.8, 4) is 5.75 Å². The highest BCUT2D eigenvalue weighted by Crippen LogP contribution is 2.20. The standard InChI is InChI=1S/C10H11NO2S/c1-3-8-5-6-10(13-14(11)12)7-9(8)4-2/h3-7H,1-2,11H2. The molecule has 0 aromatic heterocycles. The number of rotatable bonds is 4. The quantitative estimate of drug-likeness (QED) is 0.823. The Morgan fingerprint density at radius 3 is 2.43 bits per heavy atom. The average molecular weight is 209 g/mol. The zero-order chi connectivity index (χ0) is 10.6. The van der Waals surface area contributed by atoms with Gasteiger partial charge < -0.3 is 4.18 Å². The van der Waals surface area contributed by atoms with Gasteiger partial charge in [0, 0.05) is 0 Å². The van der Waals surface area contributed by atoms with Gasteiger partial charge >= 0.3 is 0 Å². The van der Waals surface area contributed by atoms with E-state index in [1.54, 1.807) is 30.4 Å². The molecule has 0 aliphatic heterocycles. The van der Waals surface area contributed by atoms with Crippen LogP contribution in [0.1, 0.15) is 11.1 Å². The third kappa shape index (κ3) is 2.55. The van der Waals surface area contributed by atoms with Crippen LogP contribution in [0.4, 0.5) is 0 Å². The highest BCUT2D eigenvalue weighted by molar-refractivity contribution is 7.78. The molecule has 0 saturated carbocycles. The van der Waals surface area contributed by atoms with Crippen molar-refractivity contribution in [2.24, 2.45) is 5.14 Å². The molecule has 74 valence electrons. The molecule has 0 aliphatic rings. The number of nitrogens with two attached hydrogens (primary N) is 1. The third-order valence-corrected chi connectivity index (χ3v) is 2.03. The molecule has 2 N–H and O–H groups in total. The molecule has 0 radical (unpaired) electrons. The van der Waals surface area contributed by atoms with E-state index in [2.05, 4.69) is 13.2 Å². The Hall–Kier alpha value is -1.39. The molecule has 1 rings (SSSR count). The normalized spacial score (nSPS) is 11.8. The van der Waals surface area contributed by atoms with E-state index in [1.165, 1.54) is 0 Å². The van der Waals surface area contributed by atoms with Crippen LogP contribution < -0.4 is 9.32 Å². The third-order valence-electron chi connectivity index (χ3n) is 1.68. The first-order valence-corrected chi connectivity index (χ1v) is 5.04. The second-order valence-electron chi connectivity index (χ2n) is 2.54. The molecule has 1 aromatic rings. The molecule has 0 amide bonds. The van der Waals surface area contributed by atoms with Crippen molar-refractivity contribution < 1.29 is 8.39 Å².